The van der Waals surface area contributed by atoms with Gasteiger partial charge in [0.2, 0.25) is 5.78 Å². The molecule has 0 fully saturated rings. The van der Waals surface area contributed by atoms with Gasteiger partial charge in [-0.25, -0.2) is 9.78 Å². The van der Waals surface area contributed by atoms with Crippen molar-refractivity contribution in [1.29, 1.82) is 0 Å². The van der Waals surface area contributed by atoms with Gasteiger partial charge in [0.25, 0.3) is 0 Å². The van der Waals surface area contributed by atoms with Gasteiger partial charge in [-0.3, -0.25) is 4.79 Å². The average molecular weight is 440 g/mol. The van der Waals surface area contributed by atoms with Gasteiger partial charge in [0.15, 0.2) is 5.76 Å². The highest BCUT2D eigenvalue weighted by molar-refractivity contribution is 6.17. The Balaban J connectivity index is 1.59. The number of phenols is 1. The first kappa shape index (κ1) is 20.3. The van der Waals surface area contributed by atoms with Crippen molar-refractivity contribution >= 4 is 34.6 Å². The molecule has 0 radical (unpaired) electrons. The molecule has 0 spiro atoms. The largest absolute Gasteiger partial charge is 0.507 e. The molecule has 0 unspecified atom stereocenters. The number of nitrogens with one attached hydrogen (secondary N) is 2. The van der Waals surface area contributed by atoms with Crippen LogP contribution in [0.1, 0.15) is 15.9 Å². The molecule has 0 aliphatic carbocycles. The lowest BCUT2D eigenvalue weighted by molar-refractivity contribution is 0.101. The lowest BCUT2D eigenvalue weighted by atomic mass is 10.00. The van der Waals surface area contributed by atoms with Gasteiger partial charge in [-0.15, -0.1) is 0 Å². The van der Waals surface area contributed by atoms with Crippen LogP contribution < -0.4 is 15.4 Å². The fourth-order valence-corrected chi connectivity index (χ4v) is 3.97. The highest BCUT2D eigenvalue weighted by Crippen LogP contribution is 2.39. The summed E-state index contributed by atoms with van der Waals surface area (Å²) in [5.41, 5.74) is 4.19. The van der Waals surface area contributed by atoms with E-state index in [2.05, 4.69) is 15.6 Å². The van der Waals surface area contributed by atoms with Crippen molar-refractivity contribution in [3.63, 3.8) is 0 Å². The molecule has 0 atom stereocenters. The van der Waals surface area contributed by atoms with E-state index in [0.29, 0.717) is 11.4 Å². The van der Waals surface area contributed by atoms with Gasteiger partial charge in [0.1, 0.15) is 22.7 Å². The van der Waals surface area contributed by atoms with Crippen molar-refractivity contribution in [2.45, 2.75) is 0 Å². The number of Topliss-reactive ketones (excluding diaryl/α,β-unsaturated/α-hetero) is 1. The van der Waals surface area contributed by atoms with Crippen molar-refractivity contribution in [2.75, 3.05) is 12.4 Å². The number of urea groups is 1. The fraction of sp³-hybridized carbons (Fsp3) is 0.0800. The van der Waals surface area contributed by atoms with Crippen LogP contribution in [-0.4, -0.2) is 33.5 Å². The van der Waals surface area contributed by atoms with Crippen LogP contribution in [0.3, 0.4) is 0 Å². The lowest BCUT2D eigenvalue weighted by Gasteiger charge is -2.08. The van der Waals surface area contributed by atoms with E-state index in [1.54, 1.807) is 31.5 Å². The van der Waals surface area contributed by atoms with Crippen molar-refractivity contribution < 1.29 is 19.4 Å². The maximum Gasteiger partial charge on any atom is 0.318 e. The van der Waals surface area contributed by atoms with E-state index in [4.69, 9.17) is 4.74 Å². The molecule has 8 nitrogen and oxygen atoms in total. The summed E-state index contributed by atoms with van der Waals surface area (Å²) in [4.78, 5) is 28.9. The van der Waals surface area contributed by atoms with Crippen LogP contribution in [0.2, 0.25) is 0 Å². The number of aromatic hydroxyl groups is 1. The van der Waals surface area contributed by atoms with Gasteiger partial charge in [-0.2, -0.15) is 0 Å². The second-order valence-electron chi connectivity index (χ2n) is 7.62. The summed E-state index contributed by atoms with van der Waals surface area (Å²) < 4.78 is 7.63. The molecule has 2 amide bonds. The molecule has 3 N–H and O–H groups in total. The highest BCUT2D eigenvalue weighted by atomic mass is 16.5. The Bertz CT molecular complexity index is 1450. The van der Waals surface area contributed by atoms with Crippen molar-refractivity contribution in [3.05, 3.63) is 77.8 Å². The number of hydrogen-bond donors (Lipinski definition) is 3. The van der Waals surface area contributed by atoms with E-state index in [9.17, 15) is 14.7 Å². The predicted octanol–water partition coefficient (Wildman–Crippen LogP) is 4.31. The Kier molecular flexibility index (Phi) is 4.82. The maximum absolute atomic E-state index is 12.9. The van der Waals surface area contributed by atoms with Gasteiger partial charge in [0, 0.05) is 43.1 Å². The zero-order valence-corrected chi connectivity index (χ0v) is 17.9. The number of rotatable bonds is 3. The first-order chi connectivity index (χ1) is 16.0. The Hall–Kier alpha value is -4.59. The Morgan fingerprint density at radius 2 is 1.94 bits per heavy atom. The summed E-state index contributed by atoms with van der Waals surface area (Å²) in [6.45, 7) is 0. The number of benzene rings is 2. The van der Waals surface area contributed by atoms with E-state index in [-0.39, 0.29) is 28.9 Å². The standard InChI is InChI=1S/C25H20N4O4/c1-26-25(32)28-16-8-6-14(7-9-16)17-10-11-27-24-21(17)15(13-29(24)2)12-20-23(31)22-18(30)4-3-5-19(22)33-20/h3-13,30H,1-2H3,(H2,26,28,32). The molecule has 0 bridgehead atoms. The van der Waals surface area contributed by atoms with Crippen molar-refractivity contribution in [2.24, 2.45) is 7.05 Å². The predicted molar refractivity (Wildman–Crippen MR) is 125 cm³/mol. The number of allylic oxidation sites excluding steroid dienone is 1. The fourth-order valence-electron chi connectivity index (χ4n) is 3.97. The lowest BCUT2D eigenvalue weighted by Crippen LogP contribution is -2.24. The molecule has 2 aromatic carbocycles. The van der Waals surface area contributed by atoms with Gasteiger partial charge in [-0.1, -0.05) is 18.2 Å². The Morgan fingerprint density at radius 1 is 1.15 bits per heavy atom. The minimum atomic E-state index is -0.366. The van der Waals surface area contributed by atoms with Crippen LogP contribution in [-0.2, 0) is 7.05 Å². The molecule has 164 valence electrons. The minimum absolute atomic E-state index is 0.105. The molecule has 4 aromatic rings. The van der Waals surface area contributed by atoms with Gasteiger partial charge >= 0.3 is 6.03 Å². The van der Waals surface area contributed by atoms with Crippen LogP contribution in [0, 0.1) is 0 Å². The highest BCUT2D eigenvalue weighted by Gasteiger charge is 2.30. The molecule has 0 saturated heterocycles. The number of nitrogens with zero attached hydrogens (tertiary/aromatic N) is 2. The number of ketones is 1. The number of aryl methyl sites for hydroxylation is 1. The topological polar surface area (TPSA) is 105 Å². The summed E-state index contributed by atoms with van der Waals surface area (Å²) in [5, 5.41) is 16.2. The number of carbonyl (C=O) groups is 2. The summed E-state index contributed by atoms with van der Waals surface area (Å²) >= 11 is 0. The number of aromatic nitrogens is 2. The van der Waals surface area contributed by atoms with Crippen LogP contribution in [0.4, 0.5) is 10.5 Å². The number of anilines is 1. The van der Waals surface area contributed by atoms with E-state index < -0.39 is 0 Å². The third-order valence-corrected chi connectivity index (χ3v) is 5.53. The van der Waals surface area contributed by atoms with E-state index >= 15 is 0 Å². The van der Waals surface area contributed by atoms with Gasteiger partial charge < -0.3 is 25.0 Å². The minimum Gasteiger partial charge on any atom is -0.507 e. The monoisotopic (exact) mass is 440 g/mol. The summed E-state index contributed by atoms with van der Waals surface area (Å²) in [7, 11) is 3.44. The molecule has 2 aromatic heterocycles. The molecular weight excluding hydrogens is 420 g/mol. The quantitative estimate of drug-likeness (QED) is 0.412. The number of hydrogen-bond acceptors (Lipinski definition) is 5. The Morgan fingerprint density at radius 3 is 2.67 bits per heavy atom. The average Bonchev–Trinajstić information content (AvgIpc) is 3.31. The molecule has 1 aliphatic heterocycles. The first-order valence-electron chi connectivity index (χ1n) is 10.3. The third-order valence-electron chi connectivity index (χ3n) is 5.53. The molecule has 33 heavy (non-hydrogen) atoms. The van der Waals surface area contributed by atoms with Gasteiger partial charge in [-0.05, 0) is 47.5 Å². The Labute approximate surface area is 189 Å². The summed E-state index contributed by atoms with van der Waals surface area (Å²) in [5.74, 6) is 0.00442. The van der Waals surface area contributed by atoms with E-state index in [0.717, 1.165) is 27.7 Å². The molecule has 3 heterocycles. The first-order valence-corrected chi connectivity index (χ1v) is 10.3. The van der Waals surface area contributed by atoms with Gasteiger partial charge in [0.05, 0.1) is 0 Å². The van der Waals surface area contributed by atoms with Crippen molar-refractivity contribution in [3.8, 4) is 22.6 Å². The zero-order valence-electron chi connectivity index (χ0n) is 17.9. The van der Waals surface area contributed by atoms with Crippen molar-refractivity contribution in [1.82, 2.24) is 14.9 Å². The van der Waals surface area contributed by atoms with E-state index in [1.807, 2.05) is 48.1 Å². The normalized spacial score (nSPS) is 13.8. The molecule has 5 rings (SSSR count). The number of pyridine rings is 1. The molecule has 1 aliphatic rings. The van der Waals surface area contributed by atoms with E-state index in [1.165, 1.54) is 6.07 Å². The second-order valence-corrected chi connectivity index (χ2v) is 7.62. The molecular formula is C25H20N4O4. The number of carbonyl (C=O) groups excluding carboxylic acids is 2. The van der Waals surface area contributed by atoms with Crippen LogP contribution >= 0.6 is 0 Å². The maximum atomic E-state index is 12.9. The second kappa shape index (κ2) is 7.83. The summed E-state index contributed by atoms with van der Waals surface area (Å²) in [6.07, 6.45) is 5.29. The van der Waals surface area contributed by atoms with Crippen LogP contribution in [0.15, 0.2) is 66.7 Å². The smallest absolute Gasteiger partial charge is 0.318 e. The van der Waals surface area contributed by atoms with Crippen LogP contribution in [0.25, 0.3) is 28.2 Å². The number of amides is 2. The third kappa shape index (κ3) is 3.47. The summed E-state index contributed by atoms with van der Waals surface area (Å²) in [6, 6.07) is 13.8. The van der Waals surface area contributed by atoms with Crippen LogP contribution in [0.5, 0.6) is 11.5 Å². The molecule has 8 heteroatoms. The SMILES string of the molecule is CNC(=O)Nc1ccc(-c2ccnc3c2c(C=C2Oc4cccc(O)c4C2=O)cn3C)cc1. The number of phenolic OH excluding ortho intramolecular Hbond substituents is 1. The molecule has 0 saturated carbocycles. The number of fused-ring (bicyclic) bond motifs is 2. The zero-order chi connectivity index (χ0) is 23.1. The number of ether oxygens (including phenoxy) is 1.